The van der Waals surface area contributed by atoms with E-state index in [1.54, 1.807) is 0 Å². The molecular formula is H40Na26O28S7. The second kappa shape index (κ2) is 134. The summed E-state index contributed by atoms with van der Waals surface area (Å²) >= 11 is 0. The van der Waals surface area contributed by atoms with Crippen molar-refractivity contribution < 1.29 is 928 Å². The summed E-state index contributed by atoms with van der Waals surface area (Å²) in [6.07, 6.45) is 0. The smallest absolute Gasteiger partial charge is 1.00 e. The molecule has 0 aromatic heterocycles. The van der Waals surface area contributed by atoms with Crippen molar-refractivity contribution in [1.82, 2.24) is 0 Å². The third-order valence-corrected chi connectivity index (χ3v) is 0. The molecule has 0 saturated carbocycles. The van der Waals surface area contributed by atoms with Gasteiger partial charge in [-0.3, -0.25) is 63.7 Å². The van der Waals surface area contributed by atoms with Crippen LogP contribution in [0.15, 0.2) is 0 Å². The van der Waals surface area contributed by atoms with Crippen LogP contribution in [0.2, 0.25) is 0 Å². The Balaban J connectivity index is -0.00000000168. The van der Waals surface area contributed by atoms with Crippen molar-refractivity contribution in [2.75, 3.05) is 0 Å². The molecule has 0 saturated heterocycles. The van der Waals surface area contributed by atoms with Gasteiger partial charge in [0.05, 0.1) is 0 Å². The van der Waals surface area contributed by atoms with E-state index >= 15 is 0 Å². The predicted octanol–water partition coefficient (Wildman–Crippen LogP) is -79.5. The Bertz CT molecular complexity index is 1040. The van der Waals surface area contributed by atoms with Gasteiger partial charge in [-0.25, -0.2) is 0 Å². The van der Waals surface area contributed by atoms with Gasteiger partial charge in [0.2, 0.25) is 0 Å². The standard InChI is InChI=1S/26Na.7H2O4S.26H/c;;;;;;;;;;;;;;;;;;;;;;;;;;7*1-5(2,3)4;;;;;;;;;;;;;;;;;;;;;;;;;;/h;;;;;;;;;;;;;;;;;;;;;;;;;;7*(H2,1,2,3,4);;;;;;;;;;;;;;;;;;;;;;;;;;/q26*+1;;;;;;;;26*-1. The van der Waals surface area contributed by atoms with Crippen LogP contribution in [0.3, 0.4) is 0 Å². The molecule has 14 N–H and O–H groups in total. The minimum atomic E-state index is -4.67. The summed E-state index contributed by atoms with van der Waals surface area (Å²) in [6.45, 7) is 0. The molecule has 61 heteroatoms. The quantitative estimate of drug-likeness (QED) is 0.0791. The molecule has 0 atom stereocenters. The number of hydrogen-bond donors (Lipinski definition) is 14. The zero-order valence-electron chi connectivity index (χ0n) is 66.8. The molecule has 61 heavy (non-hydrogen) atoms. The van der Waals surface area contributed by atoms with Crippen molar-refractivity contribution in [2.24, 2.45) is 0 Å². The van der Waals surface area contributed by atoms with E-state index in [0.717, 1.165) is 0 Å². The predicted molar refractivity (Wildman–Crippen MR) is 128 cm³/mol. The van der Waals surface area contributed by atoms with E-state index in [9.17, 15) is 0 Å². The zero-order valence-corrected chi connectivity index (χ0v) is 98.5. The maximum Gasteiger partial charge on any atom is 1.00 e. The van der Waals surface area contributed by atoms with Crippen LogP contribution in [-0.2, 0) is 72.8 Å². The summed E-state index contributed by atoms with van der Waals surface area (Å²) in [4.78, 5) is 0. The molecule has 276 valence electrons. The van der Waals surface area contributed by atoms with Gasteiger partial charge in [-0.1, -0.05) is 0 Å². The van der Waals surface area contributed by atoms with E-state index in [1.807, 2.05) is 0 Å². The minimum Gasteiger partial charge on any atom is -1.00 e. The second-order valence-corrected chi connectivity index (χ2v) is 9.40. The number of hydrogen-bond acceptors (Lipinski definition) is 14. The Hall–Kier alpha value is 25.1. The van der Waals surface area contributed by atoms with Gasteiger partial charge in [0.25, 0.3) is 0 Å². The molecule has 0 rings (SSSR count). The molecule has 28 nitrogen and oxygen atoms in total. The molecule has 0 spiro atoms. The third kappa shape index (κ3) is 933. The van der Waals surface area contributed by atoms with Crippen molar-refractivity contribution in [3.8, 4) is 0 Å². The molecule has 0 radical (unpaired) electrons. The summed E-state index contributed by atoms with van der Waals surface area (Å²) in [5.74, 6) is 0. The van der Waals surface area contributed by atoms with Gasteiger partial charge in [0.1, 0.15) is 0 Å². The molecule has 0 heterocycles. The van der Waals surface area contributed by atoms with E-state index in [-0.39, 0.29) is 806 Å². The van der Waals surface area contributed by atoms with Gasteiger partial charge in [-0.2, -0.15) is 58.9 Å². The van der Waals surface area contributed by atoms with Crippen molar-refractivity contribution in [2.45, 2.75) is 0 Å². The monoisotopic (exact) mass is 1310 g/mol. The van der Waals surface area contributed by atoms with Gasteiger partial charge in [-0.05, 0) is 0 Å². The molecule has 0 aliphatic rings. The van der Waals surface area contributed by atoms with Gasteiger partial charge >= 0.3 is 841 Å². The summed E-state index contributed by atoms with van der Waals surface area (Å²) in [5, 5.41) is 0. The topological polar surface area (TPSA) is 522 Å². The summed E-state index contributed by atoms with van der Waals surface area (Å²) in [6, 6.07) is 0. The van der Waals surface area contributed by atoms with Crippen LogP contribution in [0.4, 0.5) is 0 Å². The van der Waals surface area contributed by atoms with Crippen molar-refractivity contribution in [3.63, 3.8) is 0 Å². The average Bonchev–Trinajstić information content (AvgIpc) is 2.06. The Morgan fingerprint density at radius 1 is 0.131 bits per heavy atom. The molecule has 0 aromatic carbocycles. The Morgan fingerprint density at radius 2 is 0.131 bits per heavy atom. The summed E-state index contributed by atoms with van der Waals surface area (Å²) in [7, 11) is -32.7. The average molecular weight is 1310 g/mol. The fraction of sp³-hybridized carbons (Fsp3) is 0. The van der Waals surface area contributed by atoms with Crippen LogP contribution < -0.4 is 768 Å². The maximum atomic E-state index is 8.74. The Kier molecular flexibility index (Phi) is 485. The summed E-state index contributed by atoms with van der Waals surface area (Å²) in [5.41, 5.74) is 0. The first kappa shape index (κ1) is 221. The van der Waals surface area contributed by atoms with E-state index in [1.165, 1.54) is 0 Å². The largest absolute Gasteiger partial charge is 1.00 e. The van der Waals surface area contributed by atoms with Crippen molar-refractivity contribution in [3.05, 3.63) is 0 Å². The van der Waals surface area contributed by atoms with Gasteiger partial charge < -0.3 is 37.1 Å². The maximum absolute atomic E-state index is 8.74. The zero-order chi connectivity index (χ0) is 31.5. The first-order valence-corrected chi connectivity index (χ1v) is 14.7. The second-order valence-electron chi connectivity index (χ2n) is 3.13. The minimum absolute atomic E-state index is 0. The Labute approximate surface area is 972 Å². The molecule has 0 unspecified atom stereocenters. The molecule has 0 bridgehead atoms. The first-order valence-electron chi connectivity index (χ1n) is 4.89. The molecule has 0 amide bonds. The van der Waals surface area contributed by atoms with Gasteiger partial charge in [-0.15, -0.1) is 0 Å². The van der Waals surface area contributed by atoms with E-state index < -0.39 is 72.8 Å². The number of rotatable bonds is 0. The van der Waals surface area contributed by atoms with E-state index in [2.05, 4.69) is 0 Å². The molecule has 0 fully saturated rings. The summed E-state index contributed by atoms with van der Waals surface area (Å²) < 4.78 is 221. The van der Waals surface area contributed by atoms with Gasteiger partial charge in [0.15, 0.2) is 0 Å². The normalized spacial score (nSPS) is 6.66. The van der Waals surface area contributed by atoms with Crippen LogP contribution in [0.5, 0.6) is 0 Å². The van der Waals surface area contributed by atoms with Crippen molar-refractivity contribution >= 4 is 72.8 Å². The molecule has 0 aliphatic carbocycles. The third-order valence-electron chi connectivity index (χ3n) is 0. The fourth-order valence-corrected chi connectivity index (χ4v) is 0. The van der Waals surface area contributed by atoms with Crippen LogP contribution in [0.1, 0.15) is 37.1 Å². The SMILES string of the molecule is O=S(=O)(O)O.O=S(=O)(O)O.O=S(=O)(O)O.O=S(=O)(O)O.O=S(=O)(O)O.O=S(=O)(O)O.O=S(=O)(O)O.[H-].[H-].[H-].[H-].[H-].[H-].[H-].[H-].[H-].[H-].[H-].[H-].[H-].[H-].[H-].[H-].[H-].[H-].[H-].[H-].[H-].[H-].[H-].[H-].[H-].[H-].[Na+].[Na+].[Na+].[Na+].[Na+].[Na+].[Na+].[Na+].[Na+].[Na+].[Na+].[Na+].[Na+].[Na+].[Na+].[Na+].[Na+].[Na+].[Na+].[Na+].[Na+].[Na+].[Na+].[Na+].[Na+].[Na+]. The van der Waals surface area contributed by atoms with Crippen LogP contribution in [-0.4, -0.2) is 123 Å². The van der Waals surface area contributed by atoms with E-state index in [0.29, 0.717) is 0 Å². The Morgan fingerprint density at radius 3 is 0.131 bits per heavy atom. The van der Waals surface area contributed by atoms with Crippen molar-refractivity contribution in [1.29, 1.82) is 0 Å². The van der Waals surface area contributed by atoms with Crippen LogP contribution in [0, 0.1) is 0 Å². The van der Waals surface area contributed by atoms with Crippen LogP contribution in [0.25, 0.3) is 0 Å². The van der Waals surface area contributed by atoms with Gasteiger partial charge in [0, 0.05) is 0 Å². The van der Waals surface area contributed by atoms with Crippen LogP contribution >= 0.6 is 0 Å². The fourth-order valence-electron chi connectivity index (χ4n) is 0. The van der Waals surface area contributed by atoms with E-state index in [4.69, 9.17) is 123 Å². The molecule has 0 aromatic rings. The first-order chi connectivity index (χ1) is 14.0. The molecule has 0 aliphatic heterocycles. The molecular weight excluding hydrogens is 1270 g/mol.